The molecule has 1 aromatic rings. The smallest absolute Gasteiger partial charge is 0.317 e. The molecule has 0 radical (unpaired) electrons. The Bertz CT molecular complexity index is 535. The van der Waals surface area contributed by atoms with Gasteiger partial charge in [-0.1, -0.05) is 12.1 Å². The fourth-order valence-corrected chi connectivity index (χ4v) is 3.66. The second-order valence-corrected chi connectivity index (χ2v) is 6.48. The summed E-state index contributed by atoms with van der Waals surface area (Å²) in [5, 5.41) is 2.91. The number of aryl methyl sites for hydroxylation is 1. The van der Waals surface area contributed by atoms with E-state index in [1.165, 1.54) is 12.0 Å². The third-order valence-corrected chi connectivity index (χ3v) is 4.89. The topological polar surface area (TPSA) is 44.8 Å². The average Bonchev–Trinajstić information content (AvgIpc) is 3.01. The third-order valence-electron chi connectivity index (χ3n) is 4.89. The minimum absolute atomic E-state index is 0.119. The molecule has 0 saturated carbocycles. The van der Waals surface area contributed by atoms with Crippen LogP contribution in [-0.4, -0.2) is 61.7 Å². The van der Waals surface area contributed by atoms with Gasteiger partial charge in [0.05, 0.1) is 7.11 Å². The van der Waals surface area contributed by atoms with E-state index in [0.29, 0.717) is 6.04 Å². The van der Waals surface area contributed by atoms with E-state index in [0.717, 1.165) is 57.7 Å². The summed E-state index contributed by atoms with van der Waals surface area (Å²) in [6.07, 6.45) is 4.54. The molecule has 23 heavy (non-hydrogen) atoms. The van der Waals surface area contributed by atoms with Gasteiger partial charge >= 0.3 is 6.03 Å². The first-order chi connectivity index (χ1) is 11.3. The molecule has 2 fully saturated rings. The van der Waals surface area contributed by atoms with Gasteiger partial charge in [0.1, 0.15) is 5.75 Å². The number of hydrogen-bond acceptors (Lipinski definition) is 3. The lowest BCUT2D eigenvalue weighted by Gasteiger charge is -2.37. The standard InChI is InChI=1S/C18H27N3O2/c1-23-17-8-2-5-15(13-17)6-3-10-20-11-4-7-16(14-20)21-12-9-19-18(21)22/h2,5,8,13,16H,3-4,6-7,9-12,14H2,1H3,(H,19,22)/t16-/m0/s1. The Morgan fingerprint density at radius 2 is 2.26 bits per heavy atom. The molecule has 0 bridgehead atoms. The molecule has 2 aliphatic heterocycles. The Morgan fingerprint density at radius 1 is 1.35 bits per heavy atom. The van der Waals surface area contributed by atoms with Crippen molar-refractivity contribution in [3.63, 3.8) is 0 Å². The second-order valence-electron chi connectivity index (χ2n) is 6.48. The first kappa shape index (κ1) is 16.1. The van der Waals surface area contributed by atoms with Gasteiger partial charge in [0, 0.05) is 25.7 Å². The van der Waals surface area contributed by atoms with E-state index in [1.807, 2.05) is 11.0 Å². The molecule has 0 spiro atoms. The third kappa shape index (κ3) is 4.16. The van der Waals surface area contributed by atoms with Gasteiger partial charge in [0.15, 0.2) is 0 Å². The molecule has 2 amide bonds. The van der Waals surface area contributed by atoms with Gasteiger partial charge in [0.25, 0.3) is 0 Å². The summed E-state index contributed by atoms with van der Waals surface area (Å²) in [5.74, 6) is 0.931. The molecule has 3 rings (SSSR count). The van der Waals surface area contributed by atoms with Crippen LogP contribution < -0.4 is 10.1 Å². The van der Waals surface area contributed by atoms with Crippen LogP contribution in [0.5, 0.6) is 5.75 Å². The Hall–Kier alpha value is -1.75. The van der Waals surface area contributed by atoms with Crippen molar-refractivity contribution in [1.82, 2.24) is 15.1 Å². The van der Waals surface area contributed by atoms with Crippen molar-refractivity contribution in [3.8, 4) is 5.75 Å². The summed E-state index contributed by atoms with van der Waals surface area (Å²) in [5.41, 5.74) is 1.33. The van der Waals surface area contributed by atoms with Gasteiger partial charge in [-0.25, -0.2) is 4.79 Å². The van der Waals surface area contributed by atoms with Crippen LogP contribution in [-0.2, 0) is 6.42 Å². The van der Waals surface area contributed by atoms with Gasteiger partial charge in [-0.05, 0) is 56.5 Å². The van der Waals surface area contributed by atoms with Gasteiger partial charge in [-0.15, -0.1) is 0 Å². The highest BCUT2D eigenvalue weighted by Gasteiger charge is 2.30. The lowest BCUT2D eigenvalue weighted by atomic mass is 10.0. The maximum absolute atomic E-state index is 11.8. The first-order valence-electron chi connectivity index (χ1n) is 8.66. The van der Waals surface area contributed by atoms with Gasteiger partial charge < -0.3 is 19.9 Å². The fraction of sp³-hybridized carbons (Fsp3) is 0.611. The average molecular weight is 317 g/mol. The van der Waals surface area contributed by atoms with Crippen molar-refractivity contribution in [3.05, 3.63) is 29.8 Å². The van der Waals surface area contributed by atoms with E-state index in [2.05, 4.69) is 28.4 Å². The molecule has 0 unspecified atom stereocenters. The normalized spacial score (nSPS) is 22.2. The predicted octanol–water partition coefficient (Wildman–Crippen LogP) is 2.12. The maximum Gasteiger partial charge on any atom is 0.317 e. The van der Waals surface area contributed by atoms with Crippen LogP contribution >= 0.6 is 0 Å². The quantitative estimate of drug-likeness (QED) is 0.874. The molecule has 2 saturated heterocycles. The zero-order chi connectivity index (χ0) is 16.1. The molecular weight excluding hydrogens is 290 g/mol. The molecule has 1 N–H and O–H groups in total. The summed E-state index contributed by atoms with van der Waals surface area (Å²) in [6.45, 7) is 4.94. The minimum atomic E-state index is 0.119. The molecule has 5 heteroatoms. The molecular formula is C18H27N3O2. The number of carbonyl (C=O) groups excluding carboxylic acids is 1. The molecule has 0 aliphatic carbocycles. The van der Waals surface area contributed by atoms with Gasteiger partial charge in [-0.3, -0.25) is 0 Å². The molecule has 2 aliphatic rings. The van der Waals surface area contributed by atoms with E-state index >= 15 is 0 Å². The van der Waals surface area contributed by atoms with Crippen molar-refractivity contribution >= 4 is 6.03 Å². The van der Waals surface area contributed by atoms with Crippen LogP contribution in [0.1, 0.15) is 24.8 Å². The highest BCUT2D eigenvalue weighted by Crippen LogP contribution is 2.19. The summed E-state index contributed by atoms with van der Waals surface area (Å²) in [6, 6.07) is 8.83. The van der Waals surface area contributed by atoms with Crippen molar-refractivity contribution in [2.24, 2.45) is 0 Å². The predicted molar refractivity (Wildman–Crippen MR) is 90.9 cm³/mol. The summed E-state index contributed by atoms with van der Waals surface area (Å²) >= 11 is 0. The SMILES string of the molecule is COc1cccc(CCCN2CCC[C@H](N3CCNC3=O)C2)c1. The number of benzene rings is 1. The molecule has 5 nitrogen and oxygen atoms in total. The zero-order valence-corrected chi connectivity index (χ0v) is 14.0. The van der Waals surface area contributed by atoms with E-state index in [4.69, 9.17) is 4.74 Å². The number of ether oxygens (including phenoxy) is 1. The number of methoxy groups -OCH3 is 1. The summed E-state index contributed by atoms with van der Waals surface area (Å²) < 4.78 is 5.28. The summed E-state index contributed by atoms with van der Waals surface area (Å²) in [7, 11) is 1.71. The Morgan fingerprint density at radius 3 is 3.04 bits per heavy atom. The largest absolute Gasteiger partial charge is 0.497 e. The number of nitrogens with one attached hydrogen (secondary N) is 1. The monoisotopic (exact) mass is 317 g/mol. The lowest BCUT2D eigenvalue weighted by Crippen LogP contribution is -2.49. The molecule has 2 heterocycles. The summed E-state index contributed by atoms with van der Waals surface area (Å²) in [4.78, 5) is 16.4. The van der Waals surface area contributed by atoms with E-state index in [1.54, 1.807) is 7.11 Å². The number of urea groups is 1. The highest BCUT2D eigenvalue weighted by atomic mass is 16.5. The van der Waals surface area contributed by atoms with E-state index in [9.17, 15) is 4.79 Å². The van der Waals surface area contributed by atoms with Crippen molar-refractivity contribution in [2.75, 3.05) is 39.8 Å². The van der Waals surface area contributed by atoms with E-state index < -0.39 is 0 Å². The number of hydrogen-bond donors (Lipinski definition) is 1. The van der Waals surface area contributed by atoms with Crippen LogP contribution in [0.25, 0.3) is 0 Å². The second kappa shape index (κ2) is 7.68. The number of nitrogens with zero attached hydrogens (tertiary/aromatic N) is 2. The molecule has 1 atom stereocenters. The highest BCUT2D eigenvalue weighted by molar-refractivity contribution is 5.76. The van der Waals surface area contributed by atoms with Crippen LogP contribution in [0.2, 0.25) is 0 Å². The van der Waals surface area contributed by atoms with Gasteiger partial charge in [-0.2, -0.15) is 0 Å². The number of amides is 2. The van der Waals surface area contributed by atoms with E-state index in [-0.39, 0.29) is 6.03 Å². The zero-order valence-electron chi connectivity index (χ0n) is 14.0. The van der Waals surface area contributed by atoms with Crippen molar-refractivity contribution in [1.29, 1.82) is 0 Å². The molecule has 126 valence electrons. The Kier molecular flexibility index (Phi) is 5.39. The Balaban J connectivity index is 1.45. The van der Waals surface area contributed by atoms with Crippen LogP contribution in [0.3, 0.4) is 0 Å². The maximum atomic E-state index is 11.8. The van der Waals surface area contributed by atoms with Crippen molar-refractivity contribution in [2.45, 2.75) is 31.7 Å². The van der Waals surface area contributed by atoms with Gasteiger partial charge in [0.2, 0.25) is 0 Å². The van der Waals surface area contributed by atoms with Crippen LogP contribution in [0.4, 0.5) is 4.79 Å². The molecule has 1 aromatic carbocycles. The van der Waals surface area contributed by atoms with Crippen LogP contribution in [0.15, 0.2) is 24.3 Å². The minimum Gasteiger partial charge on any atom is -0.497 e. The number of likely N-dealkylation sites (tertiary alicyclic amines) is 1. The van der Waals surface area contributed by atoms with Crippen molar-refractivity contribution < 1.29 is 9.53 Å². The fourth-order valence-electron chi connectivity index (χ4n) is 3.66. The number of piperidine rings is 1. The Labute approximate surface area is 138 Å². The lowest BCUT2D eigenvalue weighted by molar-refractivity contribution is 0.125. The number of rotatable bonds is 6. The molecule has 0 aromatic heterocycles. The number of carbonyl (C=O) groups is 1. The first-order valence-corrected chi connectivity index (χ1v) is 8.66. The van der Waals surface area contributed by atoms with Crippen LogP contribution in [0, 0.1) is 0 Å².